The van der Waals surface area contributed by atoms with Crippen LogP contribution in [-0.4, -0.2) is 10.9 Å². The van der Waals surface area contributed by atoms with Gasteiger partial charge in [0.2, 0.25) is 0 Å². The normalized spacial score (nSPS) is 11.5. The smallest absolute Gasteiger partial charge is 0.128 e. The van der Waals surface area contributed by atoms with E-state index in [9.17, 15) is 0 Å². The van der Waals surface area contributed by atoms with Crippen LogP contribution < -0.4 is 4.74 Å². The van der Waals surface area contributed by atoms with Crippen molar-refractivity contribution in [3.05, 3.63) is 64.7 Å². The standard InChI is InChI=1S/C18H21NO2/c1-4-17(19-20)16-7-5-6-8-18(16)21-12-15-10-13(2)9-14(3)11-15/h5-11,20H,4,12H2,1-3H3. The molecule has 3 nitrogen and oxygen atoms in total. The summed E-state index contributed by atoms with van der Waals surface area (Å²) in [6.45, 7) is 6.62. The lowest BCUT2D eigenvalue weighted by molar-refractivity contribution is 0.303. The molecule has 0 aliphatic carbocycles. The van der Waals surface area contributed by atoms with Crippen molar-refractivity contribution in [2.24, 2.45) is 5.16 Å². The number of hydrogen-bond acceptors (Lipinski definition) is 3. The van der Waals surface area contributed by atoms with Gasteiger partial charge in [-0.2, -0.15) is 0 Å². The second-order valence-electron chi connectivity index (χ2n) is 5.18. The summed E-state index contributed by atoms with van der Waals surface area (Å²) < 4.78 is 5.93. The minimum absolute atomic E-state index is 0.502. The Morgan fingerprint density at radius 3 is 2.38 bits per heavy atom. The lowest BCUT2D eigenvalue weighted by Gasteiger charge is -2.12. The first-order chi connectivity index (χ1) is 10.1. The van der Waals surface area contributed by atoms with E-state index in [0.717, 1.165) is 16.9 Å². The molecule has 0 fully saturated rings. The summed E-state index contributed by atoms with van der Waals surface area (Å²) >= 11 is 0. The Kier molecular flexibility index (Phi) is 4.99. The van der Waals surface area contributed by atoms with Gasteiger partial charge in [-0.25, -0.2) is 0 Å². The molecule has 0 saturated carbocycles. The largest absolute Gasteiger partial charge is 0.488 e. The molecule has 0 radical (unpaired) electrons. The molecule has 0 atom stereocenters. The third kappa shape index (κ3) is 3.85. The van der Waals surface area contributed by atoms with Crippen molar-refractivity contribution in [1.82, 2.24) is 0 Å². The highest BCUT2D eigenvalue weighted by Gasteiger charge is 2.09. The topological polar surface area (TPSA) is 41.8 Å². The average Bonchev–Trinajstić information content (AvgIpc) is 2.46. The molecule has 0 aromatic heterocycles. The van der Waals surface area contributed by atoms with Gasteiger partial charge >= 0.3 is 0 Å². The minimum atomic E-state index is 0.502. The predicted molar refractivity (Wildman–Crippen MR) is 85.3 cm³/mol. The summed E-state index contributed by atoms with van der Waals surface area (Å²) in [6, 6.07) is 14.0. The van der Waals surface area contributed by atoms with Crippen molar-refractivity contribution in [3.8, 4) is 5.75 Å². The van der Waals surface area contributed by atoms with Crippen molar-refractivity contribution in [2.45, 2.75) is 33.8 Å². The molecular weight excluding hydrogens is 262 g/mol. The monoisotopic (exact) mass is 283 g/mol. The van der Waals surface area contributed by atoms with Crippen LogP contribution in [-0.2, 0) is 6.61 Å². The zero-order valence-electron chi connectivity index (χ0n) is 12.8. The van der Waals surface area contributed by atoms with Crippen molar-refractivity contribution < 1.29 is 9.94 Å². The fraction of sp³-hybridized carbons (Fsp3) is 0.278. The number of rotatable bonds is 5. The molecule has 0 aliphatic heterocycles. The van der Waals surface area contributed by atoms with E-state index in [4.69, 9.17) is 9.94 Å². The van der Waals surface area contributed by atoms with Crippen LogP contribution in [0.25, 0.3) is 0 Å². The SMILES string of the molecule is CCC(=NO)c1ccccc1OCc1cc(C)cc(C)c1. The van der Waals surface area contributed by atoms with Gasteiger partial charge in [0.1, 0.15) is 12.4 Å². The highest BCUT2D eigenvalue weighted by molar-refractivity contribution is 6.02. The number of oxime groups is 1. The Morgan fingerprint density at radius 1 is 1.10 bits per heavy atom. The van der Waals surface area contributed by atoms with Gasteiger partial charge in [-0.1, -0.05) is 53.5 Å². The van der Waals surface area contributed by atoms with Crippen LogP contribution in [0.5, 0.6) is 5.75 Å². The maximum atomic E-state index is 9.09. The fourth-order valence-corrected chi connectivity index (χ4v) is 2.46. The van der Waals surface area contributed by atoms with Gasteiger partial charge < -0.3 is 9.94 Å². The van der Waals surface area contributed by atoms with Crippen LogP contribution in [0.1, 0.15) is 35.6 Å². The molecule has 0 aliphatic rings. The second kappa shape index (κ2) is 6.93. The maximum absolute atomic E-state index is 9.09. The first-order valence-corrected chi connectivity index (χ1v) is 7.14. The summed E-state index contributed by atoms with van der Waals surface area (Å²) in [6.07, 6.45) is 0.653. The van der Waals surface area contributed by atoms with E-state index in [0.29, 0.717) is 18.7 Å². The Balaban J connectivity index is 2.20. The number of hydrogen-bond donors (Lipinski definition) is 1. The molecule has 0 spiro atoms. The van der Waals surface area contributed by atoms with Gasteiger partial charge in [0.15, 0.2) is 0 Å². The third-order valence-corrected chi connectivity index (χ3v) is 3.33. The van der Waals surface area contributed by atoms with E-state index in [1.54, 1.807) is 0 Å². The van der Waals surface area contributed by atoms with E-state index in [1.165, 1.54) is 11.1 Å². The van der Waals surface area contributed by atoms with E-state index >= 15 is 0 Å². The summed E-state index contributed by atoms with van der Waals surface area (Å²) in [5.74, 6) is 0.742. The van der Waals surface area contributed by atoms with Crippen molar-refractivity contribution in [1.29, 1.82) is 0 Å². The Bertz CT molecular complexity index is 627. The summed E-state index contributed by atoms with van der Waals surface area (Å²) in [5, 5.41) is 12.5. The number of aryl methyl sites for hydroxylation is 2. The number of ether oxygens (including phenoxy) is 1. The van der Waals surface area contributed by atoms with Crippen molar-refractivity contribution >= 4 is 5.71 Å². The first kappa shape index (κ1) is 15.1. The van der Waals surface area contributed by atoms with Gasteiger partial charge in [-0.3, -0.25) is 0 Å². The molecule has 110 valence electrons. The van der Waals surface area contributed by atoms with Crippen LogP contribution in [0.4, 0.5) is 0 Å². The van der Waals surface area contributed by atoms with Crippen LogP contribution in [0.3, 0.4) is 0 Å². The van der Waals surface area contributed by atoms with Crippen molar-refractivity contribution in [2.75, 3.05) is 0 Å². The Hall–Kier alpha value is -2.29. The maximum Gasteiger partial charge on any atom is 0.128 e. The summed E-state index contributed by atoms with van der Waals surface area (Å²) in [7, 11) is 0. The Morgan fingerprint density at radius 2 is 1.76 bits per heavy atom. The van der Waals surface area contributed by atoms with Crippen LogP contribution in [0.2, 0.25) is 0 Å². The molecule has 2 aromatic rings. The van der Waals surface area contributed by atoms with Crippen molar-refractivity contribution in [3.63, 3.8) is 0 Å². The molecule has 0 heterocycles. The minimum Gasteiger partial charge on any atom is -0.488 e. The molecule has 21 heavy (non-hydrogen) atoms. The first-order valence-electron chi connectivity index (χ1n) is 7.14. The zero-order valence-corrected chi connectivity index (χ0v) is 12.8. The summed E-state index contributed by atoms with van der Waals surface area (Å²) in [4.78, 5) is 0. The third-order valence-electron chi connectivity index (χ3n) is 3.33. The number of para-hydroxylation sites is 1. The lowest BCUT2D eigenvalue weighted by Crippen LogP contribution is -2.04. The molecule has 0 unspecified atom stereocenters. The molecule has 3 heteroatoms. The number of benzene rings is 2. The van der Waals surface area contributed by atoms with E-state index in [1.807, 2.05) is 31.2 Å². The zero-order chi connectivity index (χ0) is 15.2. The van der Waals surface area contributed by atoms with Crippen LogP contribution in [0, 0.1) is 13.8 Å². The molecule has 2 rings (SSSR count). The van der Waals surface area contributed by atoms with Gasteiger partial charge in [-0.15, -0.1) is 0 Å². The van der Waals surface area contributed by atoms with E-state index in [2.05, 4.69) is 37.2 Å². The summed E-state index contributed by atoms with van der Waals surface area (Å²) in [5.41, 5.74) is 5.07. The molecular formula is C18H21NO2. The second-order valence-corrected chi connectivity index (χ2v) is 5.18. The van der Waals surface area contributed by atoms with Crippen LogP contribution in [0.15, 0.2) is 47.6 Å². The highest BCUT2D eigenvalue weighted by atomic mass is 16.5. The van der Waals surface area contributed by atoms with Gasteiger partial charge in [0.25, 0.3) is 0 Å². The number of nitrogens with zero attached hydrogens (tertiary/aromatic N) is 1. The molecule has 0 saturated heterocycles. The highest BCUT2D eigenvalue weighted by Crippen LogP contribution is 2.22. The Labute approximate surface area is 125 Å². The van der Waals surface area contributed by atoms with Crippen LogP contribution >= 0.6 is 0 Å². The molecule has 2 aromatic carbocycles. The van der Waals surface area contributed by atoms with Gasteiger partial charge in [-0.05, 0) is 38.0 Å². The van der Waals surface area contributed by atoms with Gasteiger partial charge in [0.05, 0.1) is 5.71 Å². The molecule has 0 amide bonds. The van der Waals surface area contributed by atoms with E-state index < -0.39 is 0 Å². The predicted octanol–water partition coefficient (Wildman–Crippen LogP) is 4.47. The van der Waals surface area contributed by atoms with E-state index in [-0.39, 0.29) is 0 Å². The molecule has 1 N–H and O–H groups in total. The van der Waals surface area contributed by atoms with Gasteiger partial charge in [0, 0.05) is 5.56 Å². The quantitative estimate of drug-likeness (QED) is 0.499. The fourth-order valence-electron chi connectivity index (χ4n) is 2.46. The lowest BCUT2D eigenvalue weighted by atomic mass is 10.1. The molecule has 0 bridgehead atoms. The average molecular weight is 283 g/mol.